The summed E-state index contributed by atoms with van der Waals surface area (Å²) in [4.78, 5) is 7.55. The molecular weight excluding hydrogens is 260 g/mol. The first-order chi connectivity index (χ1) is 10.4. The van der Waals surface area contributed by atoms with E-state index in [0.717, 1.165) is 30.2 Å². The lowest BCUT2D eigenvalue weighted by molar-refractivity contribution is 0.548. The fraction of sp³-hybridized carbons (Fsp3) is 0.588. The summed E-state index contributed by atoms with van der Waals surface area (Å²) in [6.45, 7) is 2.16. The van der Waals surface area contributed by atoms with Gasteiger partial charge >= 0.3 is 0 Å². The van der Waals surface area contributed by atoms with E-state index in [4.69, 9.17) is 4.98 Å². The van der Waals surface area contributed by atoms with Crippen LogP contribution in [0, 0.1) is 5.92 Å². The number of nitrogens with zero attached hydrogens (tertiary/aromatic N) is 3. The van der Waals surface area contributed by atoms with Gasteiger partial charge in [0.2, 0.25) is 0 Å². The molecule has 5 rings (SSSR count). The molecule has 1 aliphatic heterocycles. The summed E-state index contributed by atoms with van der Waals surface area (Å²) in [7, 11) is 0. The van der Waals surface area contributed by atoms with Gasteiger partial charge in [-0.2, -0.15) is 0 Å². The second kappa shape index (κ2) is 4.47. The number of nitrogens with one attached hydrogen (secondary N) is 1. The van der Waals surface area contributed by atoms with E-state index in [0.29, 0.717) is 0 Å². The van der Waals surface area contributed by atoms with Gasteiger partial charge in [0.25, 0.3) is 0 Å². The SMILES string of the molecule is c1ccn2c(CNC3CC3)c(N3CC4CCC3C4)nc2c1. The number of rotatable bonds is 4. The number of hydrogen-bond donors (Lipinski definition) is 1. The molecule has 21 heavy (non-hydrogen) atoms. The normalized spacial score (nSPS) is 27.9. The van der Waals surface area contributed by atoms with Crippen molar-refractivity contribution in [3.8, 4) is 0 Å². The van der Waals surface area contributed by atoms with Crippen molar-refractivity contribution in [1.82, 2.24) is 14.7 Å². The van der Waals surface area contributed by atoms with Crippen molar-refractivity contribution >= 4 is 11.5 Å². The third-order valence-corrected chi connectivity index (χ3v) is 5.42. The van der Waals surface area contributed by atoms with Crippen LogP contribution in [-0.2, 0) is 6.54 Å². The van der Waals surface area contributed by atoms with Gasteiger partial charge in [0.05, 0.1) is 5.69 Å². The molecule has 2 atom stereocenters. The van der Waals surface area contributed by atoms with Gasteiger partial charge in [-0.15, -0.1) is 0 Å². The number of aromatic nitrogens is 2. The Morgan fingerprint density at radius 3 is 2.90 bits per heavy atom. The summed E-state index contributed by atoms with van der Waals surface area (Å²) in [5.41, 5.74) is 2.44. The van der Waals surface area contributed by atoms with E-state index in [1.807, 2.05) is 0 Å². The Labute approximate surface area is 125 Å². The van der Waals surface area contributed by atoms with Crippen molar-refractivity contribution in [3.05, 3.63) is 30.1 Å². The number of fused-ring (bicyclic) bond motifs is 3. The summed E-state index contributed by atoms with van der Waals surface area (Å²) < 4.78 is 2.27. The maximum absolute atomic E-state index is 4.96. The Balaban J connectivity index is 1.55. The summed E-state index contributed by atoms with van der Waals surface area (Å²) >= 11 is 0. The van der Waals surface area contributed by atoms with Gasteiger partial charge in [0.1, 0.15) is 5.65 Å². The molecule has 1 N–H and O–H groups in total. The topological polar surface area (TPSA) is 32.6 Å². The molecule has 2 bridgehead atoms. The van der Waals surface area contributed by atoms with Crippen molar-refractivity contribution in [3.63, 3.8) is 0 Å². The lowest BCUT2D eigenvalue weighted by Gasteiger charge is -2.28. The molecule has 2 unspecified atom stereocenters. The molecule has 2 saturated carbocycles. The van der Waals surface area contributed by atoms with Crippen LogP contribution in [0.15, 0.2) is 24.4 Å². The number of imidazole rings is 1. The van der Waals surface area contributed by atoms with Gasteiger partial charge in [0.15, 0.2) is 5.82 Å². The molecule has 2 aliphatic carbocycles. The Hall–Kier alpha value is -1.55. The second-order valence-electron chi connectivity index (χ2n) is 6.95. The van der Waals surface area contributed by atoms with E-state index in [2.05, 4.69) is 39.0 Å². The number of piperidine rings is 1. The summed E-state index contributed by atoms with van der Waals surface area (Å²) in [5, 5.41) is 3.67. The van der Waals surface area contributed by atoms with Crippen molar-refractivity contribution in [1.29, 1.82) is 0 Å². The van der Waals surface area contributed by atoms with Crippen LogP contribution in [0.5, 0.6) is 0 Å². The number of hydrogen-bond acceptors (Lipinski definition) is 3. The quantitative estimate of drug-likeness (QED) is 0.935. The fourth-order valence-electron chi connectivity index (χ4n) is 4.14. The van der Waals surface area contributed by atoms with Crippen molar-refractivity contribution in [2.75, 3.05) is 11.4 Å². The Morgan fingerprint density at radius 2 is 2.14 bits per heavy atom. The number of pyridine rings is 1. The highest BCUT2D eigenvalue weighted by Crippen LogP contribution is 2.41. The van der Waals surface area contributed by atoms with E-state index in [1.165, 1.54) is 50.2 Å². The molecule has 2 aromatic rings. The lowest BCUT2D eigenvalue weighted by atomic mass is 10.1. The van der Waals surface area contributed by atoms with E-state index < -0.39 is 0 Å². The van der Waals surface area contributed by atoms with Crippen LogP contribution >= 0.6 is 0 Å². The minimum Gasteiger partial charge on any atom is -0.352 e. The zero-order valence-electron chi connectivity index (χ0n) is 12.3. The van der Waals surface area contributed by atoms with Gasteiger partial charge in [0, 0.05) is 31.4 Å². The summed E-state index contributed by atoms with van der Waals surface area (Å²) in [6.07, 6.45) is 8.98. The van der Waals surface area contributed by atoms with E-state index in [1.54, 1.807) is 0 Å². The van der Waals surface area contributed by atoms with Crippen LogP contribution in [0.2, 0.25) is 0 Å². The largest absolute Gasteiger partial charge is 0.352 e. The first kappa shape index (κ1) is 12.0. The van der Waals surface area contributed by atoms with Crippen molar-refractivity contribution in [2.24, 2.45) is 5.92 Å². The average Bonchev–Trinajstić information content (AvgIpc) is 2.97. The van der Waals surface area contributed by atoms with E-state index in [9.17, 15) is 0 Å². The van der Waals surface area contributed by atoms with Gasteiger partial charge in [-0.1, -0.05) is 6.07 Å². The highest BCUT2D eigenvalue weighted by molar-refractivity contribution is 5.57. The maximum Gasteiger partial charge on any atom is 0.152 e. The van der Waals surface area contributed by atoms with Crippen molar-refractivity contribution in [2.45, 2.75) is 50.7 Å². The second-order valence-corrected chi connectivity index (χ2v) is 6.95. The molecule has 0 radical (unpaired) electrons. The monoisotopic (exact) mass is 282 g/mol. The first-order valence-corrected chi connectivity index (χ1v) is 8.34. The van der Waals surface area contributed by atoms with Crippen molar-refractivity contribution < 1.29 is 0 Å². The van der Waals surface area contributed by atoms with Crippen LogP contribution in [0.25, 0.3) is 5.65 Å². The van der Waals surface area contributed by atoms with Crippen LogP contribution in [-0.4, -0.2) is 28.0 Å². The van der Waals surface area contributed by atoms with Gasteiger partial charge in [-0.25, -0.2) is 4.98 Å². The third kappa shape index (κ3) is 1.96. The zero-order valence-corrected chi connectivity index (χ0v) is 12.3. The predicted octanol–water partition coefficient (Wildman–Crippen LogP) is 2.58. The van der Waals surface area contributed by atoms with Gasteiger partial charge < -0.3 is 14.6 Å². The zero-order chi connectivity index (χ0) is 13.8. The molecule has 0 amide bonds. The molecule has 0 aromatic carbocycles. The molecule has 0 spiro atoms. The molecule has 3 heterocycles. The van der Waals surface area contributed by atoms with Crippen LogP contribution in [0.4, 0.5) is 5.82 Å². The smallest absolute Gasteiger partial charge is 0.152 e. The fourth-order valence-corrected chi connectivity index (χ4v) is 4.14. The highest BCUT2D eigenvalue weighted by atomic mass is 15.3. The average molecular weight is 282 g/mol. The summed E-state index contributed by atoms with van der Waals surface area (Å²) in [5.74, 6) is 2.14. The Kier molecular flexibility index (Phi) is 2.56. The predicted molar refractivity (Wildman–Crippen MR) is 83.5 cm³/mol. The maximum atomic E-state index is 4.96. The molecule has 1 saturated heterocycles. The van der Waals surface area contributed by atoms with Gasteiger partial charge in [-0.3, -0.25) is 0 Å². The molecule has 110 valence electrons. The van der Waals surface area contributed by atoms with E-state index in [-0.39, 0.29) is 0 Å². The lowest BCUT2D eigenvalue weighted by Crippen LogP contribution is -2.33. The molecule has 4 nitrogen and oxygen atoms in total. The standard InChI is InChI=1S/C17H22N4/c1-2-8-20-15(10-18-13-5-6-13)17(19-16(20)3-1)21-11-12-4-7-14(21)9-12/h1-3,8,12-14,18H,4-7,9-11H2. The molecule has 2 aromatic heterocycles. The van der Waals surface area contributed by atoms with E-state index >= 15 is 0 Å². The van der Waals surface area contributed by atoms with Crippen LogP contribution < -0.4 is 10.2 Å². The highest BCUT2D eigenvalue weighted by Gasteiger charge is 2.40. The Bertz CT molecular complexity index is 672. The van der Waals surface area contributed by atoms with Gasteiger partial charge in [-0.05, 0) is 50.2 Å². The van der Waals surface area contributed by atoms with Crippen LogP contribution in [0.3, 0.4) is 0 Å². The minimum absolute atomic E-state index is 0.736. The molecule has 3 aliphatic rings. The summed E-state index contributed by atoms with van der Waals surface area (Å²) in [6, 6.07) is 7.79. The minimum atomic E-state index is 0.736. The molecular formula is C17H22N4. The third-order valence-electron chi connectivity index (χ3n) is 5.42. The molecule has 4 heteroatoms. The number of anilines is 1. The van der Waals surface area contributed by atoms with Crippen LogP contribution in [0.1, 0.15) is 37.8 Å². The molecule has 3 fully saturated rings. The Morgan fingerprint density at radius 1 is 1.19 bits per heavy atom. The first-order valence-electron chi connectivity index (χ1n) is 8.34.